The van der Waals surface area contributed by atoms with Gasteiger partial charge in [0.25, 0.3) is 5.91 Å². The van der Waals surface area contributed by atoms with Gasteiger partial charge in [0.2, 0.25) is 11.6 Å². The maximum Gasteiger partial charge on any atom is 0.308 e. The minimum absolute atomic E-state index is 0.319. The molecule has 0 bridgehead atoms. The van der Waals surface area contributed by atoms with Gasteiger partial charge in [-0.05, 0) is 18.6 Å². The highest BCUT2D eigenvalue weighted by atomic mass is 19.2. The van der Waals surface area contributed by atoms with Gasteiger partial charge in [0.1, 0.15) is 0 Å². The van der Waals surface area contributed by atoms with Gasteiger partial charge in [-0.25, -0.2) is 8.78 Å². The van der Waals surface area contributed by atoms with E-state index in [4.69, 9.17) is 0 Å². The predicted octanol–water partition coefficient (Wildman–Crippen LogP) is 3.57. The number of nitro groups is 1. The number of carbonyl (C=O) groups excluding carboxylic acids is 1. The molecule has 1 amide bonds. The van der Waals surface area contributed by atoms with E-state index in [1.165, 1.54) is 6.07 Å². The van der Waals surface area contributed by atoms with Crippen LogP contribution in [0.5, 0.6) is 0 Å². The number of amides is 1. The third-order valence-electron chi connectivity index (χ3n) is 2.96. The van der Waals surface area contributed by atoms with Crippen molar-refractivity contribution in [2.75, 3.05) is 5.32 Å². The van der Waals surface area contributed by atoms with Crippen molar-refractivity contribution in [2.24, 2.45) is 0 Å². The first-order valence-electron chi connectivity index (χ1n) is 6.01. The van der Waals surface area contributed by atoms with Crippen LogP contribution in [0.4, 0.5) is 24.5 Å². The van der Waals surface area contributed by atoms with Crippen molar-refractivity contribution in [3.05, 3.63) is 69.0 Å². The molecular weight excluding hydrogens is 301 g/mol. The highest BCUT2D eigenvalue weighted by Gasteiger charge is 2.28. The zero-order valence-corrected chi connectivity index (χ0v) is 11.2. The number of anilines is 1. The molecular formula is C14H9F3N2O3. The molecule has 114 valence electrons. The Balaban J connectivity index is 2.46. The average molecular weight is 310 g/mol. The topological polar surface area (TPSA) is 72.2 Å². The molecule has 0 unspecified atom stereocenters. The molecule has 1 N–H and O–H groups in total. The molecule has 2 aromatic rings. The van der Waals surface area contributed by atoms with E-state index in [1.54, 1.807) is 25.1 Å². The molecule has 5 nitrogen and oxygen atoms in total. The number of aryl methyl sites for hydroxylation is 1. The SMILES string of the molecule is Cc1ccccc1NC(=O)c1cc([N+](=O)[O-])c(F)c(F)c1F. The summed E-state index contributed by atoms with van der Waals surface area (Å²) in [6.45, 7) is 1.67. The van der Waals surface area contributed by atoms with Gasteiger partial charge in [-0.15, -0.1) is 0 Å². The maximum atomic E-state index is 13.7. The lowest BCUT2D eigenvalue weighted by molar-refractivity contribution is -0.387. The molecule has 0 radical (unpaired) electrons. The number of benzene rings is 2. The van der Waals surface area contributed by atoms with Crippen molar-refractivity contribution < 1.29 is 22.9 Å². The molecule has 0 aromatic heterocycles. The van der Waals surface area contributed by atoms with E-state index in [0.717, 1.165) is 0 Å². The largest absolute Gasteiger partial charge is 0.322 e. The lowest BCUT2D eigenvalue weighted by Gasteiger charge is -2.09. The minimum Gasteiger partial charge on any atom is -0.322 e. The Morgan fingerprint density at radius 1 is 1.14 bits per heavy atom. The van der Waals surface area contributed by atoms with Crippen LogP contribution in [0, 0.1) is 34.5 Å². The van der Waals surface area contributed by atoms with Crippen LogP contribution < -0.4 is 5.32 Å². The summed E-state index contributed by atoms with van der Waals surface area (Å²) in [5, 5.41) is 12.9. The molecule has 0 atom stereocenters. The fourth-order valence-corrected chi connectivity index (χ4v) is 1.79. The Morgan fingerprint density at radius 2 is 1.77 bits per heavy atom. The first-order chi connectivity index (χ1) is 10.3. The van der Waals surface area contributed by atoms with Crippen LogP contribution >= 0.6 is 0 Å². The van der Waals surface area contributed by atoms with Crippen LogP contribution in [-0.4, -0.2) is 10.8 Å². The average Bonchev–Trinajstić information content (AvgIpc) is 2.47. The summed E-state index contributed by atoms with van der Waals surface area (Å²) < 4.78 is 40.3. The van der Waals surface area contributed by atoms with Crippen molar-refractivity contribution in [1.82, 2.24) is 0 Å². The summed E-state index contributed by atoms with van der Waals surface area (Å²) in [6.07, 6.45) is 0. The summed E-state index contributed by atoms with van der Waals surface area (Å²) in [5.74, 6) is -6.91. The van der Waals surface area contributed by atoms with E-state index in [1.807, 2.05) is 0 Å². The number of rotatable bonds is 3. The fraction of sp³-hybridized carbons (Fsp3) is 0.0714. The van der Waals surface area contributed by atoms with E-state index in [9.17, 15) is 28.1 Å². The van der Waals surface area contributed by atoms with E-state index in [-0.39, 0.29) is 0 Å². The van der Waals surface area contributed by atoms with Gasteiger partial charge in [0.15, 0.2) is 5.82 Å². The first-order valence-corrected chi connectivity index (χ1v) is 6.01. The van der Waals surface area contributed by atoms with Crippen LogP contribution in [0.3, 0.4) is 0 Å². The minimum atomic E-state index is -2.07. The van der Waals surface area contributed by atoms with Gasteiger partial charge < -0.3 is 5.32 Å². The van der Waals surface area contributed by atoms with Crippen LogP contribution in [0.1, 0.15) is 15.9 Å². The van der Waals surface area contributed by atoms with Crippen LogP contribution in [0.25, 0.3) is 0 Å². The van der Waals surface area contributed by atoms with Crippen LogP contribution in [0.15, 0.2) is 30.3 Å². The number of nitro benzene ring substituents is 1. The molecule has 0 aliphatic carbocycles. The predicted molar refractivity (Wildman–Crippen MR) is 72.1 cm³/mol. The van der Waals surface area contributed by atoms with Crippen molar-refractivity contribution in [2.45, 2.75) is 6.92 Å². The molecule has 0 fully saturated rings. The summed E-state index contributed by atoms with van der Waals surface area (Å²) in [6, 6.07) is 6.85. The highest BCUT2D eigenvalue weighted by molar-refractivity contribution is 6.05. The molecule has 0 heterocycles. The van der Waals surface area contributed by atoms with Gasteiger partial charge in [-0.3, -0.25) is 14.9 Å². The third-order valence-corrected chi connectivity index (χ3v) is 2.96. The third kappa shape index (κ3) is 2.76. The number of para-hydroxylation sites is 1. The van der Waals surface area contributed by atoms with E-state index >= 15 is 0 Å². The second kappa shape index (κ2) is 5.84. The molecule has 2 rings (SSSR count). The normalized spacial score (nSPS) is 10.4. The Labute approximate surface area is 122 Å². The van der Waals surface area contributed by atoms with Crippen LogP contribution in [-0.2, 0) is 0 Å². The molecule has 8 heteroatoms. The van der Waals surface area contributed by atoms with Crippen molar-refractivity contribution in [3.8, 4) is 0 Å². The number of hydrogen-bond acceptors (Lipinski definition) is 3. The lowest BCUT2D eigenvalue weighted by Crippen LogP contribution is -2.16. The standard InChI is InChI=1S/C14H9F3N2O3/c1-7-4-2-3-5-9(7)18-14(20)8-6-10(19(21)22)12(16)13(17)11(8)15/h2-6H,1H3,(H,18,20). The summed E-state index contributed by atoms with van der Waals surface area (Å²) in [4.78, 5) is 21.3. The molecule has 0 aliphatic heterocycles. The molecule has 0 saturated carbocycles. The smallest absolute Gasteiger partial charge is 0.308 e. The zero-order valence-electron chi connectivity index (χ0n) is 11.2. The van der Waals surface area contributed by atoms with Crippen molar-refractivity contribution in [1.29, 1.82) is 0 Å². The molecule has 0 saturated heterocycles. The number of nitrogens with zero attached hydrogens (tertiary/aromatic N) is 1. The summed E-state index contributed by atoms with van der Waals surface area (Å²) >= 11 is 0. The quantitative estimate of drug-likeness (QED) is 0.535. The lowest BCUT2D eigenvalue weighted by atomic mass is 10.1. The Bertz CT molecular complexity index is 778. The number of carbonyl (C=O) groups is 1. The van der Waals surface area contributed by atoms with Gasteiger partial charge in [-0.1, -0.05) is 18.2 Å². The second-order valence-corrected chi connectivity index (χ2v) is 4.41. The monoisotopic (exact) mass is 310 g/mol. The summed E-state index contributed by atoms with van der Waals surface area (Å²) in [5.41, 5.74) is -1.30. The van der Waals surface area contributed by atoms with Gasteiger partial charge in [-0.2, -0.15) is 4.39 Å². The molecule has 0 spiro atoms. The van der Waals surface area contributed by atoms with Crippen molar-refractivity contribution >= 4 is 17.3 Å². The molecule has 0 aliphatic rings. The zero-order chi connectivity index (χ0) is 16.4. The summed E-state index contributed by atoms with van der Waals surface area (Å²) in [7, 11) is 0. The highest BCUT2D eigenvalue weighted by Crippen LogP contribution is 2.26. The van der Waals surface area contributed by atoms with E-state index in [2.05, 4.69) is 5.32 Å². The van der Waals surface area contributed by atoms with Gasteiger partial charge in [0, 0.05) is 11.8 Å². The number of nitrogens with one attached hydrogen (secondary N) is 1. The fourth-order valence-electron chi connectivity index (χ4n) is 1.79. The second-order valence-electron chi connectivity index (χ2n) is 4.41. The Hall–Kier alpha value is -2.90. The number of hydrogen-bond donors (Lipinski definition) is 1. The van der Waals surface area contributed by atoms with Gasteiger partial charge >= 0.3 is 5.69 Å². The molecule has 22 heavy (non-hydrogen) atoms. The maximum absolute atomic E-state index is 13.7. The van der Waals surface area contributed by atoms with Crippen LogP contribution in [0.2, 0.25) is 0 Å². The Kier molecular flexibility index (Phi) is 4.11. The Morgan fingerprint density at radius 3 is 2.36 bits per heavy atom. The van der Waals surface area contributed by atoms with E-state index in [0.29, 0.717) is 17.3 Å². The molecule has 2 aromatic carbocycles. The van der Waals surface area contributed by atoms with Gasteiger partial charge in [0.05, 0.1) is 10.5 Å². The number of halogens is 3. The van der Waals surface area contributed by atoms with E-state index < -0.39 is 39.5 Å². The first kappa shape index (κ1) is 15.5. The van der Waals surface area contributed by atoms with Crippen molar-refractivity contribution in [3.63, 3.8) is 0 Å².